The van der Waals surface area contributed by atoms with Gasteiger partial charge in [-0.05, 0) is 19.3 Å². The van der Waals surface area contributed by atoms with E-state index in [0.717, 1.165) is 44.0 Å². The third kappa shape index (κ3) is 3.70. The molecule has 5 heteroatoms. The molecular weight excluding hydrogens is 246 g/mol. The number of carbonyl (C=O) groups is 1. The topological polar surface area (TPSA) is 45.2 Å². The van der Waals surface area contributed by atoms with Gasteiger partial charge in [0.25, 0.3) is 0 Å². The molecule has 0 aromatic carbocycles. The van der Waals surface area contributed by atoms with Gasteiger partial charge in [0, 0.05) is 30.6 Å². The van der Waals surface area contributed by atoms with E-state index in [1.54, 1.807) is 11.3 Å². The Morgan fingerprint density at radius 3 is 3.17 bits per heavy atom. The van der Waals surface area contributed by atoms with Crippen LogP contribution in [0.1, 0.15) is 43.9 Å². The fraction of sp³-hybridized carbons (Fsp3) is 0.692. The van der Waals surface area contributed by atoms with Crippen LogP contribution in [0.5, 0.6) is 0 Å². The van der Waals surface area contributed by atoms with Crippen LogP contribution >= 0.6 is 11.3 Å². The van der Waals surface area contributed by atoms with Crippen molar-refractivity contribution < 1.29 is 4.79 Å². The Hall–Kier alpha value is -1.10. The molecule has 0 atom stereocenters. The van der Waals surface area contributed by atoms with Crippen molar-refractivity contribution in [2.75, 3.05) is 18.4 Å². The van der Waals surface area contributed by atoms with Crippen molar-refractivity contribution in [3.63, 3.8) is 0 Å². The Kier molecular flexibility index (Phi) is 4.99. The number of anilines is 1. The highest BCUT2D eigenvalue weighted by atomic mass is 32.1. The Morgan fingerprint density at radius 2 is 2.33 bits per heavy atom. The zero-order valence-corrected chi connectivity index (χ0v) is 11.8. The number of carbonyl (C=O) groups excluding carboxylic acids is 1. The molecule has 1 saturated heterocycles. The van der Waals surface area contributed by atoms with Gasteiger partial charge in [-0.25, -0.2) is 4.98 Å². The maximum atomic E-state index is 11.9. The van der Waals surface area contributed by atoms with Gasteiger partial charge >= 0.3 is 0 Å². The molecule has 100 valence electrons. The summed E-state index contributed by atoms with van der Waals surface area (Å²) in [6.45, 7) is 4.71. The minimum absolute atomic E-state index is 0.295. The molecular formula is C13H21N3OS. The molecule has 2 heterocycles. The van der Waals surface area contributed by atoms with Crippen LogP contribution in [0, 0.1) is 0 Å². The van der Waals surface area contributed by atoms with Gasteiger partial charge in [-0.3, -0.25) is 4.79 Å². The van der Waals surface area contributed by atoms with Gasteiger partial charge in [0.05, 0.1) is 6.54 Å². The van der Waals surface area contributed by atoms with E-state index in [1.165, 1.54) is 11.3 Å². The average molecular weight is 267 g/mol. The first-order chi connectivity index (χ1) is 8.79. The molecule has 0 unspecified atom stereocenters. The molecule has 1 fully saturated rings. The second-order valence-corrected chi connectivity index (χ2v) is 5.80. The lowest BCUT2D eigenvalue weighted by molar-refractivity contribution is -0.131. The summed E-state index contributed by atoms with van der Waals surface area (Å²) in [6.07, 6.45) is 7.04. The van der Waals surface area contributed by atoms with Gasteiger partial charge in [0.15, 0.2) is 5.13 Å². The maximum Gasteiger partial charge on any atom is 0.222 e. The van der Waals surface area contributed by atoms with Crippen molar-refractivity contribution in [2.24, 2.45) is 0 Å². The Bertz CT molecular complexity index is 391. The third-order valence-corrected chi connectivity index (χ3v) is 4.04. The van der Waals surface area contributed by atoms with Gasteiger partial charge in [-0.2, -0.15) is 0 Å². The van der Waals surface area contributed by atoms with Gasteiger partial charge in [0.1, 0.15) is 0 Å². The Labute approximate surface area is 112 Å². The van der Waals surface area contributed by atoms with Crippen LogP contribution in [-0.4, -0.2) is 28.9 Å². The van der Waals surface area contributed by atoms with E-state index < -0.39 is 0 Å². The molecule has 1 amide bonds. The molecule has 1 N–H and O–H groups in total. The van der Waals surface area contributed by atoms with Crippen molar-refractivity contribution in [2.45, 2.75) is 45.6 Å². The van der Waals surface area contributed by atoms with Crippen LogP contribution in [0.3, 0.4) is 0 Å². The standard InChI is InChI=1S/C13H21N3OS/c1-2-7-14-13-15-9-11(18-13)10-16-8-5-3-4-6-12(16)17/h9H,2-8,10H2,1H3,(H,14,15). The van der Waals surface area contributed by atoms with E-state index in [1.807, 2.05) is 11.1 Å². The molecule has 1 aliphatic rings. The molecule has 0 saturated carbocycles. The van der Waals surface area contributed by atoms with Crippen LogP contribution in [0.25, 0.3) is 0 Å². The highest BCUT2D eigenvalue weighted by molar-refractivity contribution is 7.15. The summed E-state index contributed by atoms with van der Waals surface area (Å²) in [5.74, 6) is 0.295. The van der Waals surface area contributed by atoms with Crippen LogP contribution in [0.4, 0.5) is 5.13 Å². The van der Waals surface area contributed by atoms with Crippen LogP contribution < -0.4 is 5.32 Å². The van der Waals surface area contributed by atoms with Crippen molar-refractivity contribution in [1.82, 2.24) is 9.88 Å². The SMILES string of the molecule is CCCNc1ncc(CN2CCCCCC2=O)s1. The summed E-state index contributed by atoms with van der Waals surface area (Å²) < 4.78 is 0. The van der Waals surface area contributed by atoms with E-state index in [4.69, 9.17) is 0 Å². The van der Waals surface area contributed by atoms with E-state index >= 15 is 0 Å². The van der Waals surface area contributed by atoms with Crippen molar-refractivity contribution in [3.05, 3.63) is 11.1 Å². The number of hydrogen-bond donors (Lipinski definition) is 1. The second kappa shape index (κ2) is 6.73. The molecule has 0 bridgehead atoms. The molecule has 1 aromatic heterocycles. The predicted molar refractivity (Wildman–Crippen MR) is 74.8 cm³/mol. The van der Waals surface area contributed by atoms with Gasteiger partial charge in [0.2, 0.25) is 5.91 Å². The number of aromatic nitrogens is 1. The molecule has 1 aromatic rings. The summed E-state index contributed by atoms with van der Waals surface area (Å²) in [5, 5.41) is 4.25. The molecule has 0 aliphatic carbocycles. The molecule has 2 rings (SSSR count). The van der Waals surface area contributed by atoms with Crippen molar-refractivity contribution >= 4 is 22.4 Å². The predicted octanol–water partition coefficient (Wildman–Crippen LogP) is 2.87. The molecule has 0 spiro atoms. The summed E-state index contributed by atoms with van der Waals surface area (Å²) in [5.41, 5.74) is 0. The minimum atomic E-state index is 0.295. The largest absolute Gasteiger partial charge is 0.362 e. The quantitative estimate of drug-likeness (QED) is 0.892. The average Bonchev–Trinajstić information content (AvgIpc) is 2.72. The number of nitrogens with one attached hydrogen (secondary N) is 1. The van der Waals surface area contributed by atoms with E-state index in [2.05, 4.69) is 17.2 Å². The minimum Gasteiger partial charge on any atom is -0.362 e. The number of thiazole rings is 1. The first kappa shape index (κ1) is 13.3. The normalized spacial score (nSPS) is 16.7. The first-order valence-corrected chi connectivity index (χ1v) is 7.57. The van der Waals surface area contributed by atoms with E-state index in [-0.39, 0.29) is 0 Å². The van der Waals surface area contributed by atoms with Gasteiger partial charge in [-0.1, -0.05) is 13.3 Å². The zero-order valence-electron chi connectivity index (χ0n) is 10.9. The van der Waals surface area contributed by atoms with Crippen LogP contribution in [0.2, 0.25) is 0 Å². The molecule has 4 nitrogen and oxygen atoms in total. The van der Waals surface area contributed by atoms with Crippen LogP contribution in [-0.2, 0) is 11.3 Å². The molecule has 18 heavy (non-hydrogen) atoms. The lowest BCUT2D eigenvalue weighted by Crippen LogP contribution is -2.29. The highest BCUT2D eigenvalue weighted by Gasteiger charge is 2.17. The lowest BCUT2D eigenvalue weighted by atomic mass is 10.2. The lowest BCUT2D eigenvalue weighted by Gasteiger charge is -2.19. The number of nitrogens with zero attached hydrogens (tertiary/aromatic N) is 2. The summed E-state index contributed by atoms with van der Waals surface area (Å²) in [4.78, 5) is 19.4. The number of likely N-dealkylation sites (tertiary alicyclic amines) is 1. The zero-order chi connectivity index (χ0) is 12.8. The molecule has 0 radical (unpaired) electrons. The number of hydrogen-bond acceptors (Lipinski definition) is 4. The first-order valence-electron chi connectivity index (χ1n) is 6.76. The number of rotatable bonds is 5. The smallest absolute Gasteiger partial charge is 0.222 e. The fourth-order valence-corrected chi connectivity index (χ4v) is 2.94. The van der Waals surface area contributed by atoms with Crippen LogP contribution in [0.15, 0.2) is 6.20 Å². The molecule has 1 aliphatic heterocycles. The number of amides is 1. The van der Waals surface area contributed by atoms with E-state index in [0.29, 0.717) is 12.3 Å². The fourth-order valence-electron chi connectivity index (χ4n) is 2.09. The van der Waals surface area contributed by atoms with E-state index in [9.17, 15) is 4.79 Å². The third-order valence-electron chi connectivity index (χ3n) is 3.10. The van der Waals surface area contributed by atoms with Gasteiger partial charge < -0.3 is 10.2 Å². The Morgan fingerprint density at radius 1 is 1.44 bits per heavy atom. The summed E-state index contributed by atoms with van der Waals surface area (Å²) in [7, 11) is 0. The van der Waals surface area contributed by atoms with Crippen molar-refractivity contribution in [3.8, 4) is 0 Å². The monoisotopic (exact) mass is 267 g/mol. The van der Waals surface area contributed by atoms with Crippen molar-refractivity contribution in [1.29, 1.82) is 0 Å². The second-order valence-electron chi connectivity index (χ2n) is 4.68. The summed E-state index contributed by atoms with van der Waals surface area (Å²) in [6, 6.07) is 0. The van der Waals surface area contributed by atoms with Gasteiger partial charge in [-0.15, -0.1) is 11.3 Å². The highest BCUT2D eigenvalue weighted by Crippen LogP contribution is 2.21. The summed E-state index contributed by atoms with van der Waals surface area (Å²) >= 11 is 1.66. The Balaban J connectivity index is 1.91. The maximum absolute atomic E-state index is 11.9.